The first-order chi connectivity index (χ1) is 8.39. The Labute approximate surface area is 102 Å². The molecule has 0 fully saturated rings. The summed E-state index contributed by atoms with van der Waals surface area (Å²) in [4.78, 5) is 3.98. The summed E-state index contributed by atoms with van der Waals surface area (Å²) < 4.78 is 38.7. The van der Waals surface area contributed by atoms with Crippen molar-refractivity contribution >= 4 is 5.82 Å². The number of benzene rings is 1. The van der Waals surface area contributed by atoms with Gasteiger partial charge in [0, 0.05) is 11.3 Å². The van der Waals surface area contributed by atoms with Crippen LogP contribution in [0, 0.1) is 6.92 Å². The third-order valence-electron chi connectivity index (χ3n) is 2.63. The third-order valence-corrected chi connectivity index (χ3v) is 2.63. The van der Waals surface area contributed by atoms with Crippen LogP contribution in [-0.4, -0.2) is 4.98 Å². The van der Waals surface area contributed by atoms with Crippen molar-refractivity contribution < 1.29 is 13.2 Å². The van der Waals surface area contributed by atoms with E-state index in [4.69, 9.17) is 5.73 Å². The minimum absolute atomic E-state index is 0.120. The van der Waals surface area contributed by atoms with Crippen molar-refractivity contribution in [1.82, 2.24) is 4.98 Å². The monoisotopic (exact) mass is 252 g/mol. The van der Waals surface area contributed by atoms with Crippen molar-refractivity contribution in [3.63, 3.8) is 0 Å². The van der Waals surface area contributed by atoms with Gasteiger partial charge in [-0.05, 0) is 30.7 Å². The van der Waals surface area contributed by atoms with Crippen LogP contribution in [0.1, 0.15) is 11.3 Å². The highest BCUT2D eigenvalue weighted by Gasteiger charge is 2.33. The Morgan fingerprint density at radius 1 is 1.00 bits per heavy atom. The van der Waals surface area contributed by atoms with Gasteiger partial charge in [-0.25, -0.2) is 4.98 Å². The first-order valence-corrected chi connectivity index (χ1v) is 5.29. The largest absolute Gasteiger partial charge is 0.417 e. The van der Waals surface area contributed by atoms with Gasteiger partial charge in [-0.15, -0.1) is 0 Å². The fourth-order valence-corrected chi connectivity index (χ4v) is 1.83. The predicted molar refractivity (Wildman–Crippen MR) is 63.8 cm³/mol. The number of rotatable bonds is 1. The van der Waals surface area contributed by atoms with Crippen LogP contribution in [0.5, 0.6) is 0 Å². The normalized spacial score (nSPS) is 11.6. The Morgan fingerprint density at radius 3 is 2.28 bits per heavy atom. The van der Waals surface area contributed by atoms with Crippen molar-refractivity contribution in [2.24, 2.45) is 0 Å². The number of aromatic nitrogens is 1. The van der Waals surface area contributed by atoms with E-state index in [9.17, 15) is 13.2 Å². The maximum absolute atomic E-state index is 12.9. The number of anilines is 1. The van der Waals surface area contributed by atoms with Gasteiger partial charge in [0.25, 0.3) is 0 Å². The van der Waals surface area contributed by atoms with Gasteiger partial charge in [-0.2, -0.15) is 13.2 Å². The second-order valence-electron chi connectivity index (χ2n) is 3.91. The van der Waals surface area contributed by atoms with Crippen LogP contribution in [-0.2, 0) is 6.18 Å². The summed E-state index contributed by atoms with van der Waals surface area (Å²) >= 11 is 0. The highest BCUT2D eigenvalue weighted by Crippen LogP contribution is 2.37. The molecule has 0 amide bonds. The zero-order valence-corrected chi connectivity index (χ0v) is 9.62. The number of pyridine rings is 1. The molecule has 0 aliphatic heterocycles. The van der Waals surface area contributed by atoms with E-state index >= 15 is 0 Å². The number of halogens is 3. The molecular weight excluding hydrogens is 241 g/mol. The fraction of sp³-hybridized carbons (Fsp3) is 0.154. The number of alkyl halides is 3. The smallest absolute Gasteiger partial charge is 0.384 e. The summed E-state index contributed by atoms with van der Waals surface area (Å²) in [7, 11) is 0. The number of aryl methyl sites for hydroxylation is 1. The molecule has 0 spiro atoms. The third kappa shape index (κ3) is 2.30. The maximum atomic E-state index is 12.9. The van der Waals surface area contributed by atoms with Gasteiger partial charge in [-0.1, -0.05) is 18.2 Å². The molecule has 0 atom stereocenters. The summed E-state index contributed by atoms with van der Waals surface area (Å²) in [5.74, 6) is 0.292. The lowest BCUT2D eigenvalue weighted by Crippen LogP contribution is -2.07. The van der Waals surface area contributed by atoms with Crippen molar-refractivity contribution in [3.05, 3.63) is 47.7 Å². The van der Waals surface area contributed by atoms with E-state index < -0.39 is 11.7 Å². The van der Waals surface area contributed by atoms with E-state index in [-0.39, 0.29) is 5.56 Å². The van der Waals surface area contributed by atoms with Gasteiger partial charge in [0.05, 0.1) is 5.56 Å². The van der Waals surface area contributed by atoms with E-state index in [1.807, 2.05) is 0 Å². The quantitative estimate of drug-likeness (QED) is 0.841. The van der Waals surface area contributed by atoms with Gasteiger partial charge in [0.2, 0.25) is 0 Å². The minimum atomic E-state index is -4.38. The molecule has 0 bridgehead atoms. The van der Waals surface area contributed by atoms with E-state index in [1.54, 1.807) is 19.1 Å². The van der Waals surface area contributed by atoms with E-state index in [0.29, 0.717) is 17.1 Å². The molecule has 0 aliphatic carbocycles. The molecule has 5 heteroatoms. The number of nitrogens with two attached hydrogens (primary N) is 1. The van der Waals surface area contributed by atoms with Crippen LogP contribution in [0.25, 0.3) is 11.1 Å². The Balaban J connectivity index is 2.64. The predicted octanol–water partition coefficient (Wildman–Crippen LogP) is 3.66. The molecule has 2 N–H and O–H groups in total. The zero-order valence-electron chi connectivity index (χ0n) is 9.62. The average Bonchev–Trinajstić information content (AvgIpc) is 2.28. The van der Waals surface area contributed by atoms with Gasteiger partial charge in [0.15, 0.2) is 0 Å². The highest BCUT2D eigenvalue weighted by atomic mass is 19.4. The molecule has 94 valence electrons. The van der Waals surface area contributed by atoms with E-state index in [2.05, 4.69) is 4.98 Å². The molecular formula is C13H11F3N2. The van der Waals surface area contributed by atoms with Gasteiger partial charge in [0.1, 0.15) is 5.82 Å². The number of nitrogen functional groups attached to an aromatic ring is 1. The Kier molecular flexibility index (Phi) is 2.98. The van der Waals surface area contributed by atoms with E-state index in [1.165, 1.54) is 18.2 Å². The molecule has 1 aromatic carbocycles. The summed E-state index contributed by atoms with van der Waals surface area (Å²) in [6, 6.07) is 8.48. The SMILES string of the molecule is Cc1nc(N)ccc1-c1ccccc1C(F)(F)F. The number of hydrogen-bond acceptors (Lipinski definition) is 2. The fourth-order valence-electron chi connectivity index (χ4n) is 1.83. The second-order valence-corrected chi connectivity index (χ2v) is 3.91. The summed E-state index contributed by atoms with van der Waals surface area (Å²) in [6.45, 7) is 1.64. The van der Waals surface area contributed by atoms with Crippen LogP contribution in [0.15, 0.2) is 36.4 Å². The van der Waals surface area contributed by atoms with Gasteiger partial charge in [-0.3, -0.25) is 0 Å². The van der Waals surface area contributed by atoms with E-state index in [0.717, 1.165) is 6.07 Å². The molecule has 2 aromatic rings. The molecule has 0 radical (unpaired) electrons. The zero-order chi connectivity index (χ0) is 13.3. The standard InChI is InChI=1S/C13H11F3N2/c1-8-9(6-7-12(17)18-8)10-4-2-3-5-11(10)13(14,15)16/h2-7H,1H3,(H2,17,18). The van der Waals surface area contributed by atoms with Gasteiger partial charge >= 0.3 is 6.18 Å². The van der Waals surface area contributed by atoms with Gasteiger partial charge < -0.3 is 5.73 Å². The molecule has 0 saturated heterocycles. The van der Waals surface area contributed by atoms with Crippen molar-refractivity contribution in [1.29, 1.82) is 0 Å². The summed E-state index contributed by atoms with van der Waals surface area (Å²) in [5, 5.41) is 0. The number of nitrogens with zero attached hydrogens (tertiary/aromatic N) is 1. The Bertz CT molecular complexity index is 577. The lowest BCUT2D eigenvalue weighted by molar-refractivity contribution is -0.137. The van der Waals surface area contributed by atoms with Crippen LogP contribution < -0.4 is 5.73 Å². The molecule has 0 saturated carbocycles. The second kappa shape index (κ2) is 4.33. The first-order valence-electron chi connectivity index (χ1n) is 5.29. The first kappa shape index (κ1) is 12.4. The van der Waals surface area contributed by atoms with Crippen LogP contribution in [0.3, 0.4) is 0 Å². The van der Waals surface area contributed by atoms with Crippen molar-refractivity contribution in [2.75, 3.05) is 5.73 Å². The Hall–Kier alpha value is -2.04. The van der Waals surface area contributed by atoms with Crippen LogP contribution in [0.4, 0.5) is 19.0 Å². The highest BCUT2D eigenvalue weighted by molar-refractivity contribution is 5.70. The van der Waals surface area contributed by atoms with Crippen LogP contribution in [0.2, 0.25) is 0 Å². The molecule has 0 unspecified atom stereocenters. The summed E-state index contributed by atoms with van der Waals surface area (Å²) in [5.41, 5.74) is 5.87. The molecule has 1 aromatic heterocycles. The molecule has 2 rings (SSSR count). The van der Waals surface area contributed by atoms with Crippen molar-refractivity contribution in [3.8, 4) is 11.1 Å². The molecule has 0 aliphatic rings. The topological polar surface area (TPSA) is 38.9 Å². The van der Waals surface area contributed by atoms with Crippen LogP contribution >= 0.6 is 0 Å². The Morgan fingerprint density at radius 2 is 1.67 bits per heavy atom. The summed E-state index contributed by atoms with van der Waals surface area (Å²) in [6.07, 6.45) is -4.38. The lowest BCUT2D eigenvalue weighted by atomic mass is 9.98. The molecule has 2 nitrogen and oxygen atoms in total. The number of hydrogen-bond donors (Lipinski definition) is 1. The molecule has 18 heavy (non-hydrogen) atoms. The average molecular weight is 252 g/mol. The minimum Gasteiger partial charge on any atom is -0.384 e. The maximum Gasteiger partial charge on any atom is 0.417 e. The van der Waals surface area contributed by atoms with Crippen molar-refractivity contribution in [2.45, 2.75) is 13.1 Å². The molecule has 1 heterocycles. The lowest BCUT2D eigenvalue weighted by Gasteiger charge is -2.14.